The molecule has 0 aromatic carbocycles. The largest absolute Gasteiger partial charge is 0.382 e. The van der Waals surface area contributed by atoms with Gasteiger partial charge in [0.2, 0.25) is 5.91 Å². The molecule has 0 bridgehead atoms. The summed E-state index contributed by atoms with van der Waals surface area (Å²) in [5, 5.41) is 13.5. The molecule has 72 valence electrons. The molecule has 0 saturated carbocycles. The molecule has 1 unspecified atom stereocenters. The van der Waals surface area contributed by atoms with Gasteiger partial charge in [-0.05, 0) is 11.4 Å². The summed E-state index contributed by atoms with van der Waals surface area (Å²) in [6, 6.07) is 3.82. The number of nitrogens with one attached hydrogen (secondary N) is 1. The van der Waals surface area contributed by atoms with Crippen molar-refractivity contribution in [3.05, 3.63) is 22.4 Å². The zero-order chi connectivity index (χ0) is 9.68. The van der Waals surface area contributed by atoms with E-state index in [-0.39, 0.29) is 6.54 Å². The van der Waals surface area contributed by atoms with Crippen LogP contribution in [0.4, 0.5) is 0 Å². The summed E-state index contributed by atoms with van der Waals surface area (Å²) in [7, 11) is 0. The molecule has 0 aliphatic rings. The maximum absolute atomic E-state index is 11.0. The van der Waals surface area contributed by atoms with Crippen molar-refractivity contribution in [3.63, 3.8) is 0 Å². The lowest BCUT2D eigenvalue weighted by Gasteiger charge is -2.07. The van der Waals surface area contributed by atoms with E-state index < -0.39 is 12.0 Å². The third-order valence-electron chi connectivity index (χ3n) is 1.54. The smallest absolute Gasteiger partial charge is 0.250 e. The van der Waals surface area contributed by atoms with E-state index in [4.69, 9.17) is 10.8 Å². The van der Waals surface area contributed by atoms with E-state index in [2.05, 4.69) is 5.32 Å². The third kappa shape index (κ3) is 3.14. The second-order valence-electron chi connectivity index (χ2n) is 2.55. The molecule has 5 heteroatoms. The molecule has 1 atom stereocenters. The minimum atomic E-state index is -1.10. The summed E-state index contributed by atoms with van der Waals surface area (Å²) in [6.07, 6.45) is -1.10. The van der Waals surface area contributed by atoms with Crippen LogP contribution < -0.4 is 11.1 Å². The van der Waals surface area contributed by atoms with Crippen molar-refractivity contribution in [1.82, 2.24) is 5.32 Å². The minimum Gasteiger partial charge on any atom is -0.382 e. The van der Waals surface area contributed by atoms with Crippen molar-refractivity contribution in [2.24, 2.45) is 5.73 Å². The quantitative estimate of drug-likeness (QED) is 0.623. The standard InChI is InChI=1S/C8H12N2O2S/c9-4-7(11)8(12)10-5-6-2-1-3-13-6/h1-3,7,11H,4-5,9H2,(H,10,12). The fraction of sp³-hybridized carbons (Fsp3) is 0.375. The van der Waals surface area contributed by atoms with Gasteiger partial charge in [0.1, 0.15) is 6.10 Å². The molecule has 1 aromatic rings. The lowest BCUT2D eigenvalue weighted by Crippen LogP contribution is -2.38. The van der Waals surface area contributed by atoms with Crippen LogP contribution in [0, 0.1) is 0 Å². The molecular weight excluding hydrogens is 188 g/mol. The Labute approximate surface area is 80.4 Å². The summed E-state index contributed by atoms with van der Waals surface area (Å²) in [4.78, 5) is 12.1. The number of nitrogens with two attached hydrogens (primary N) is 1. The van der Waals surface area contributed by atoms with Crippen molar-refractivity contribution >= 4 is 17.2 Å². The Kier molecular flexibility index (Phi) is 3.88. The Balaban J connectivity index is 2.31. The number of aliphatic hydroxyl groups is 1. The molecule has 1 rings (SSSR count). The van der Waals surface area contributed by atoms with Crippen LogP contribution in [0.3, 0.4) is 0 Å². The average molecular weight is 200 g/mol. The van der Waals surface area contributed by atoms with Gasteiger partial charge in [0.05, 0.1) is 6.54 Å². The van der Waals surface area contributed by atoms with Gasteiger partial charge in [-0.2, -0.15) is 0 Å². The van der Waals surface area contributed by atoms with E-state index in [9.17, 15) is 4.79 Å². The fourth-order valence-corrected chi connectivity index (χ4v) is 1.46. The number of hydrogen-bond donors (Lipinski definition) is 3. The van der Waals surface area contributed by atoms with E-state index >= 15 is 0 Å². The van der Waals surface area contributed by atoms with Crippen LogP contribution in [0.15, 0.2) is 17.5 Å². The van der Waals surface area contributed by atoms with Gasteiger partial charge in [0, 0.05) is 11.4 Å². The number of hydrogen-bond acceptors (Lipinski definition) is 4. The van der Waals surface area contributed by atoms with Crippen LogP contribution in [0.5, 0.6) is 0 Å². The van der Waals surface area contributed by atoms with Crippen molar-refractivity contribution in [2.45, 2.75) is 12.6 Å². The Morgan fingerprint density at radius 3 is 3.08 bits per heavy atom. The van der Waals surface area contributed by atoms with Crippen LogP contribution >= 0.6 is 11.3 Å². The fourth-order valence-electron chi connectivity index (χ4n) is 0.812. The van der Waals surface area contributed by atoms with E-state index in [1.165, 1.54) is 0 Å². The number of thiophene rings is 1. The molecule has 13 heavy (non-hydrogen) atoms. The van der Waals surface area contributed by atoms with Crippen molar-refractivity contribution in [1.29, 1.82) is 0 Å². The SMILES string of the molecule is NCC(O)C(=O)NCc1cccs1. The number of rotatable bonds is 4. The molecule has 0 spiro atoms. The molecule has 1 amide bonds. The van der Waals surface area contributed by atoms with Crippen molar-refractivity contribution in [2.75, 3.05) is 6.54 Å². The Morgan fingerprint density at radius 1 is 1.77 bits per heavy atom. The van der Waals surface area contributed by atoms with E-state index in [0.717, 1.165) is 4.88 Å². The molecule has 1 heterocycles. The maximum Gasteiger partial charge on any atom is 0.250 e. The monoisotopic (exact) mass is 200 g/mol. The highest BCUT2D eigenvalue weighted by molar-refractivity contribution is 7.09. The van der Waals surface area contributed by atoms with Gasteiger partial charge in [-0.3, -0.25) is 4.79 Å². The molecule has 4 nitrogen and oxygen atoms in total. The topological polar surface area (TPSA) is 75.3 Å². The zero-order valence-corrected chi connectivity index (χ0v) is 7.88. The predicted octanol–water partition coefficient (Wildman–Crippen LogP) is -0.316. The summed E-state index contributed by atoms with van der Waals surface area (Å²) >= 11 is 1.56. The minimum absolute atomic E-state index is 0.0454. The molecule has 1 aromatic heterocycles. The number of carbonyl (C=O) groups is 1. The van der Waals surface area contributed by atoms with Gasteiger partial charge in [-0.25, -0.2) is 0 Å². The Morgan fingerprint density at radius 2 is 2.54 bits per heavy atom. The van der Waals surface area contributed by atoms with E-state index in [1.54, 1.807) is 11.3 Å². The highest BCUT2D eigenvalue weighted by atomic mass is 32.1. The lowest BCUT2D eigenvalue weighted by molar-refractivity contribution is -0.128. The number of amides is 1. The van der Waals surface area contributed by atoms with Gasteiger partial charge in [-0.15, -0.1) is 11.3 Å². The van der Waals surface area contributed by atoms with Gasteiger partial charge in [0.15, 0.2) is 0 Å². The second kappa shape index (κ2) is 4.96. The third-order valence-corrected chi connectivity index (χ3v) is 2.42. The van der Waals surface area contributed by atoms with Gasteiger partial charge < -0.3 is 16.2 Å². The highest BCUT2D eigenvalue weighted by Gasteiger charge is 2.11. The van der Waals surface area contributed by atoms with Crippen LogP contribution in [-0.4, -0.2) is 23.7 Å². The number of carbonyl (C=O) groups excluding carboxylic acids is 1. The molecule has 0 aliphatic carbocycles. The molecule has 0 radical (unpaired) electrons. The van der Waals surface area contributed by atoms with Gasteiger partial charge in [0.25, 0.3) is 0 Å². The van der Waals surface area contributed by atoms with Crippen molar-refractivity contribution < 1.29 is 9.90 Å². The predicted molar refractivity (Wildman–Crippen MR) is 51.2 cm³/mol. The van der Waals surface area contributed by atoms with E-state index in [1.807, 2.05) is 17.5 Å². The summed E-state index contributed by atoms with van der Waals surface area (Å²) in [5.41, 5.74) is 5.11. The Bertz CT molecular complexity index is 261. The Hall–Kier alpha value is -0.910. The summed E-state index contributed by atoms with van der Waals surface area (Å²) in [5.74, 6) is -0.420. The van der Waals surface area contributed by atoms with E-state index in [0.29, 0.717) is 6.54 Å². The maximum atomic E-state index is 11.0. The molecule has 0 aliphatic heterocycles. The van der Waals surface area contributed by atoms with Crippen LogP contribution in [-0.2, 0) is 11.3 Å². The molecule has 0 fully saturated rings. The first-order valence-electron chi connectivity index (χ1n) is 3.92. The first kappa shape index (κ1) is 10.2. The highest BCUT2D eigenvalue weighted by Crippen LogP contribution is 2.07. The first-order chi connectivity index (χ1) is 6.24. The zero-order valence-electron chi connectivity index (χ0n) is 7.06. The number of aliphatic hydroxyl groups excluding tert-OH is 1. The summed E-state index contributed by atoms with van der Waals surface area (Å²) < 4.78 is 0. The van der Waals surface area contributed by atoms with Crippen molar-refractivity contribution in [3.8, 4) is 0 Å². The van der Waals surface area contributed by atoms with Crippen LogP contribution in [0.25, 0.3) is 0 Å². The van der Waals surface area contributed by atoms with Gasteiger partial charge >= 0.3 is 0 Å². The second-order valence-corrected chi connectivity index (χ2v) is 3.58. The molecule has 4 N–H and O–H groups in total. The van der Waals surface area contributed by atoms with Crippen LogP contribution in [0.1, 0.15) is 4.88 Å². The van der Waals surface area contributed by atoms with Gasteiger partial charge in [-0.1, -0.05) is 6.07 Å². The molecule has 0 saturated heterocycles. The molecular formula is C8H12N2O2S. The summed E-state index contributed by atoms with van der Waals surface area (Å²) in [6.45, 7) is 0.407. The normalized spacial score (nSPS) is 12.5. The average Bonchev–Trinajstić information content (AvgIpc) is 2.65. The first-order valence-corrected chi connectivity index (χ1v) is 4.80. The lowest BCUT2D eigenvalue weighted by atomic mass is 10.3. The van der Waals surface area contributed by atoms with Crippen LogP contribution in [0.2, 0.25) is 0 Å².